The fraction of sp³-hybridized carbons (Fsp3) is 0.500. The fourth-order valence-corrected chi connectivity index (χ4v) is 3.48. The van der Waals surface area contributed by atoms with Gasteiger partial charge in [-0.1, -0.05) is 13.3 Å². The molecule has 0 spiro atoms. The van der Waals surface area contributed by atoms with E-state index < -0.39 is 0 Å². The van der Waals surface area contributed by atoms with Crippen molar-refractivity contribution in [2.45, 2.75) is 46.0 Å². The molecule has 1 aliphatic heterocycles. The van der Waals surface area contributed by atoms with Gasteiger partial charge in [0.1, 0.15) is 17.3 Å². The van der Waals surface area contributed by atoms with Gasteiger partial charge in [-0.25, -0.2) is 9.97 Å². The third-order valence-electron chi connectivity index (χ3n) is 5.14. The molecule has 150 valence electrons. The predicted octanol–water partition coefficient (Wildman–Crippen LogP) is 4.26. The van der Waals surface area contributed by atoms with E-state index in [1.165, 1.54) is 24.9 Å². The molecule has 2 heterocycles. The van der Waals surface area contributed by atoms with Gasteiger partial charge in [-0.2, -0.15) is 0 Å². The van der Waals surface area contributed by atoms with Crippen LogP contribution in [0.4, 0.5) is 17.2 Å². The minimum absolute atomic E-state index is 0.207. The van der Waals surface area contributed by atoms with Crippen molar-refractivity contribution in [2.24, 2.45) is 0 Å². The minimum Gasteiger partial charge on any atom is -0.372 e. The van der Waals surface area contributed by atoms with Crippen LogP contribution in [-0.4, -0.2) is 42.6 Å². The topological polar surface area (TPSA) is 61.4 Å². The molecule has 0 aliphatic carbocycles. The van der Waals surface area contributed by atoms with Crippen molar-refractivity contribution in [3.8, 4) is 0 Å². The van der Waals surface area contributed by atoms with Crippen molar-refractivity contribution in [3.63, 3.8) is 0 Å². The maximum absolute atomic E-state index is 12.7. The van der Waals surface area contributed by atoms with Crippen LogP contribution in [0.15, 0.2) is 30.3 Å². The molecule has 2 aromatic rings. The molecule has 1 N–H and O–H groups in total. The summed E-state index contributed by atoms with van der Waals surface area (Å²) < 4.78 is 0. The van der Waals surface area contributed by atoms with Gasteiger partial charge >= 0.3 is 0 Å². The fourth-order valence-electron chi connectivity index (χ4n) is 3.48. The van der Waals surface area contributed by atoms with Crippen molar-refractivity contribution in [3.05, 3.63) is 41.9 Å². The molecule has 0 radical (unpaired) electrons. The highest BCUT2D eigenvalue weighted by atomic mass is 16.1. The largest absolute Gasteiger partial charge is 0.372 e. The Balaban J connectivity index is 1.67. The average Bonchev–Trinajstić information content (AvgIpc) is 2.72. The van der Waals surface area contributed by atoms with E-state index >= 15 is 0 Å². The second-order valence-electron chi connectivity index (χ2n) is 7.48. The Morgan fingerprint density at radius 1 is 1.14 bits per heavy atom. The summed E-state index contributed by atoms with van der Waals surface area (Å²) in [6.45, 7) is 7.11. The van der Waals surface area contributed by atoms with Crippen LogP contribution in [0.2, 0.25) is 0 Å². The number of carbonyl (C=O) groups is 1. The van der Waals surface area contributed by atoms with Crippen LogP contribution < -0.4 is 15.1 Å². The molecular formula is C22H31N5O. The third-order valence-corrected chi connectivity index (χ3v) is 5.14. The summed E-state index contributed by atoms with van der Waals surface area (Å²) in [6.07, 6.45) is 6.03. The van der Waals surface area contributed by atoms with Gasteiger partial charge in [-0.15, -0.1) is 0 Å². The number of carbonyl (C=O) groups excluding carboxylic acids is 1. The maximum Gasteiger partial charge on any atom is 0.274 e. The van der Waals surface area contributed by atoms with Crippen LogP contribution in [0.1, 0.15) is 55.3 Å². The number of hydrogen-bond donors (Lipinski definition) is 1. The summed E-state index contributed by atoms with van der Waals surface area (Å²) in [4.78, 5) is 26.0. The standard InChI is InChI=1S/C22H31N5O/c1-4-5-13-26(3)21-16-20(23-17(2)24-21)22(28)25-18-9-11-19(12-10-18)27-14-7-6-8-15-27/h9-12,16H,4-8,13-15H2,1-3H3,(H,25,28). The second kappa shape index (κ2) is 9.53. The van der Waals surface area contributed by atoms with Crippen molar-refractivity contribution in [1.82, 2.24) is 9.97 Å². The highest BCUT2D eigenvalue weighted by Crippen LogP contribution is 2.22. The van der Waals surface area contributed by atoms with Crippen molar-refractivity contribution >= 4 is 23.1 Å². The molecule has 0 saturated carbocycles. The normalized spacial score (nSPS) is 14.0. The smallest absolute Gasteiger partial charge is 0.274 e. The van der Waals surface area contributed by atoms with E-state index in [0.29, 0.717) is 11.5 Å². The van der Waals surface area contributed by atoms with E-state index in [1.807, 2.05) is 26.1 Å². The van der Waals surface area contributed by atoms with Crippen LogP contribution in [0, 0.1) is 6.92 Å². The van der Waals surface area contributed by atoms with Gasteiger partial charge < -0.3 is 15.1 Å². The molecule has 1 amide bonds. The number of aryl methyl sites for hydroxylation is 1. The first-order valence-corrected chi connectivity index (χ1v) is 10.3. The van der Waals surface area contributed by atoms with E-state index in [2.05, 4.69) is 44.1 Å². The zero-order valence-corrected chi connectivity index (χ0v) is 17.2. The zero-order valence-electron chi connectivity index (χ0n) is 17.2. The minimum atomic E-state index is -0.207. The number of piperidine rings is 1. The highest BCUT2D eigenvalue weighted by molar-refractivity contribution is 6.03. The van der Waals surface area contributed by atoms with Crippen molar-refractivity contribution in [1.29, 1.82) is 0 Å². The lowest BCUT2D eigenvalue weighted by molar-refractivity contribution is 0.102. The number of aromatic nitrogens is 2. The predicted molar refractivity (Wildman–Crippen MR) is 115 cm³/mol. The zero-order chi connectivity index (χ0) is 19.9. The molecule has 6 heteroatoms. The molecule has 0 atom stereocenters. The molecule has 0 bridgehead atoms. The second-order valence-corrected chi connectivity index (χ2v) is 7.48. The Morgan fingerprint density at radius 3 is 2.54 bits per heavy atom. The lowest BCUT2D eigenvalue weighted by Crippen LogP contribution is -2.29. The summed E-state index contributed by atoms with van der Waals surface area (Å²) >= 11 is 0. The number of nitrogens with one attached hydrogen (secondary N) is 1. The Bertz CT molecular complexity index is 784. The third kappa shape index (κ3) is 5.21. The van der Waals surface area contributed by atoms with Gasteiger partial charge in [0.05, 0.1) is 0 Å². The monoisotopic (exact) mass is 381 g/mol. The molecule has 1 saturated heterocycles. The molecule has 1 fully saturated rings. The number of amides is 1. The van der Waals surface area contributed by atoms with Crippen LogP contribution >= 0.6 is 0 Å². The highest BCUT2D eigenvalue weighted by Gasteiger charge is 2.14. The van der Waals surface area contributed by atoms with Gasteiger partial charge in [-0.3, -0.25) is 4.79 Å². The van der Waals surface area contributed by atoms with E-state index in [-0.39, 0.29) is 5.91 Å². The SMILES string of the molecule is CCCCN(C)c1cc(C(=O)Nc2ccc(N3CCCCC3)cc2)nc(C)n1. The summed E-state index contributed by atoms with van der Waals surface area (Å²) in [5, 5.41) is 2.96. The van der Waals surface area contributed by atoms with Crippen LogP contribution in [0.5, 0.6) is 0 Å². The Hall–Kier alpha value is -2.63. The number of nitrogens with zero attached hydrogens (tertiary/aromatic N) is 4. The molecule has 1 aromatic heterocycles. The molecular weight excluding hydrogens is 350 g/mol. The quantitative estimate of drug-likeness (QED) is 0.776. The molecule has 1 aromatic carbocycles. The van der Waals surface area contributed by atoms with Gasteiger partial charge in [0.15, 0.2) is 0 Å². The van der Waals surface area contributed by atoms with Gasteiger partial charge in [0.25, 0.3) is 5.91 Å². The first-order valence-electron chi connectivity index (χ1n) is 10.3. The van der Waals surface area contributed by atoms with Gasteiger partial charge in [-0.05, 0) is 56.9 Å². The van der Waals surface area contributed by atoms with Gasteiger partial charge in [0, 0.05) is 44.1 Å². The summed E-state index contributed by atoms with van der Waals surface area (Å²) in [7, 11) is 2.00. The Labute approximate surface area is 168 Å². The number of unbranched alkanes of at least 4 members (excludes halogenated alkanes) is 1. The first kappa shape index (κ1) is 20.1. The number of rotatable bonds is 7. The molecule has 6 nitrogen and oxygen atoms in total. The van der Waals surface area contributed by atoms with E-state index in [9.17, 15) is 4.79 Å². The lowest BCUT2D eigenvalue weighted by atomic mass is 10.1. The molecule has 28 heavy (non-hydrogen) atoms. The molecule has 3 rings (SSSR count). The van der Waals surface area contributed by atoms with Gasteiger partial charge in [0.2, 0.25) is 0 Å². The molecule has 0 unspecified atom stereocenters. The van der Waals surface area contributed by atoms with E-state index in [0.717, 1.165) is 44.0 Å². The van der Waals surface area contributed by atoms with Crippen LogP contribution in [0.3, 0.4) is 0 Å². The summed E-state index contributed by atoms with van der Waals surface area (Å²) in [6, 6.07) is 9.85. The number of anilines is 3. The van der Waals surface area contributed by atoms with Crippen LogP contribution in [0.25, 0.3) is 0 Å². The maximum atomic E-state index is 12.7. The summed E-state index contributed by atoms with van der Waals surface area (Å²) in [5.74, 6) is 1.18. The van der Waals surface area contributed by atoms with Crippen molar-refractivity contribution < 1.29 is 4.79 Å². The Kier molecular flexibility index (Phi) is 6.85. The first-order chi connectivity index (χ1) is 13.6. The van der Waals surface area contributed by atoms with Crippen molar-refractivity contribution in [2.75, 3.05) is 41.8 Å². The molecule has 1 aliphatic rings. The van der Waals surface area contributed by atoms with E-state index in [1.54, 1.807) is 6.07 Å². The average molecular weight is 382 g/mol. The number of hydrogen-bond acceptors (Lipinski definition) is 5. The Morgan fingerprint density at radius 2 is 1.86 bits per heavy atom. The summed E-state index contributed by atoms with van der Waals surface area (Å²) in [5.41, 5.74) is 2.39. The van der Waals surface area contributed by atoms with Crippen LogP contribution in [-0.2, 0) is 0 Å². The van der Waals surface area contributed by atoms with E-state index in [4.69, 9.17) is 0 Å². The number of benzene rings is 1. The lowest BCUT2D eigenvalue weighted by Gasteiger charge is -2.28.